The summed E-state index contributed by atoms with van der Waals surface area (Å²) in [5.74, 6) is -0.0118. The Morgan fingerprint density at radius 3 is 2.30 bits per heavy atom. The van der Waals surface area contributed by atoms with Crippen LogP contribution in [0.25, 0.3) is 0 Å². The van der Waals surface area contributed by atoms with E-state index in [0.29, 0.717) is 16.4 Å². The number of carbonyl (C=O) groups excluding carboxylic acids is 2. The van der Waals surface area contributed by atoms with Crippen LogP contribution in [0.2, 0.25) is 5.02 Å². The van der Waals surface area contributed by atoms with E-state index in [4.69, 9.17) is 16.3 Å². The molecule has 0 saturated carbocycles. The molecule has 2 aromatic rings. The summed E-state index contributed by atoms with van der Waals surface area (Å²) >= 11 is 5.91. The van der Waals surface area contributed by atoms with Gasteiger partial charge in [-0.15, -0.1) is 0 Å². The van der Waals surface area contributed by atoms with Crippen molar-refractivity contribution >= 4 is 35.2 Å². The van der Waals surface area contributed by atoms with Crippen molar-refractivity contribution in [3.05, 3.63) is 40.7 Å². The highest BCUT2D eigenvalue weighted by molar-refractivity contribution is 6.30. The zero-order valence-corrected chi connectivity index (χ0v) is 17.0. The van der Waals surface area contributed by atoms with Crippen molar-refractivity contribution in [3.63, 3.8) is 0 Å². The summed E-state index contributed by atoms with van der Waals surface area (Å²) in [6.07, 6.45) is -0.661. The summed E-state index contributed by atoms with van der Waals surface area (Å²) in [5.41, 5.74) is 3.33. The largest absolute Gasteiger partial charge is 0.443 e. The van der Waals surface area contributed by atoms with E-state index in [1.807, 2.05) is 0 Å². The van der Waals surface area contributed by atoms with Gasteiger partial charge in [0.25, 0.3) is 5.91 Å². The van der Waals surface area contributed by atoms with Crippen LogP contribution in [0.5, 0.6) is 0 Å². The van der Waals surface area contributed by atoms with Gasteiger partial charge in [-0.3, -0.25) is 4.79 Å². The van der Waals surface area contributed by atoms with Crippen molar-refractivity contribution in [2.24, 2.45) is 0 Å². The number of nitrogens with zero attached hydrogens (tertiary/aromatic N) is 3. The van der Waals surface area contributed by atoms with Crippen LogP contribution in [0.15, 0.2) is 24.3 Å². The second kappa shape index (κ2) is 7.87. The first-order valence-electron chi connectivity index (χ1n) is 8.31. The third-order valence-corrected chi connectivity index (χ3v) is 3.67. The fraction of sp³-hybridized carbons (Fsp3) is 0.389. The molecule has 1 aromatic heterocycles. The lowest BCUT2D eigenvalue weighted by Crippen LogP contribution is -2.32. The van der Waals surface area contributed by atoms with Crippen LogP contribution in [-0.4, -0.2) is 46.3 Å². The molecule has 0 bridgehead atoms. The maximum atomic E-state index is 12.4. The Morgan fingerprint density at radius 2 is 1.78 bits per heavy atom. The van der Waals surface area contributed by atoms with Crippen LogP contribution in [0, 0.1) is 6.92 Å². The van der Waals surface area contributed by atoms with Crippen LogP contribution in [-0.2, 0) is 4.74 Å². The van der Waals surface area contributed by atoms with Crippen molar-refractivity contribution in [1.29, 1.82) is 0 Å². The van der Waals surface area contributed by atoms with E-state index in [9.17, 15) is 9.59 Å². The Labute approximate surface area is 163 Å². The lowest BCUT2D eigenvalue weighted by atomic mass is 10.2. The predicted molar refractivity (Wildman–Crippen MR) is 105 cm³/mol. The molecule has 0 aliphatic carbocycles. The minimum absolute atomic E-state index is 0.215. The minimum atomic E-state index is -0.662. The van der Waals surface area contributed by atoms with Gasteiger partial charge < -0.3 is 15.0 Å². The highest BCUT2D eigenvalue weighted by atomic mass is 35.5. The van der Waals surface area contributed by atoms with Crippen molar-refractivity contribution in [3.8, 4) is 0 Å². The SMILES string of the molecule is Cc1c(C(=O)N(C)C)nc(Nc2ccc(Cl)cc2)n1NC(=O)OC(C)(C)C. The molecule has 27 heavy (non-hydrogen) atoms. The lowest BCUT2D eigenvalue weighted by molar-refractivity contribution is 0.0612. The Kier molecular flexibility index (Phi) is 6.00. The molecule has 0 aliphatic heterocycles. The number of ether oxygens (including phenoxy) is 1. The summed E-state index contributed by atoms with van der Waals surface area (Å²) in [4.78, 5) is 30.4. The number of hydrogen-bond acceptors (Lipinski definition) is 5. The first-order valence-corrected chi connectivity index (χ1v) is 8.69. The monoisotopic (exact) mass is 393 g/mol. The molecule has 9 heteroatoms. The highest BCUT2D eigenvalue weighted by Crippen LogP contribution is 2.21. The van der Waals surface area contributed by atoms with Crippen molar-refractivity contribution in [2.45, 2.75) is 33.3 Å². The number of aromatic nitrogens is 2. The lowest BCUT2D eigenvalue weighted by Gasteiger charge is -2.21. The van der Waals surface area contributed by atoms with Gasteiger partial charge in [-0.2, -0.15) is 0 Å². The second-order valence-corrected chi connectivity index (χ2v) is 7.59. The second-order valence-electron chi connectivity index (χ2n) is 7.15. The third kappa shape index (κ3) is 5.37. The Balaban J connectivity index is 2.40. The number of hydrogen-bond donors (Lipinski definition) is 2. The molecule has 1 aromatic carbocycles. The Morgan fingerprint density at radius 1 is 1.19 bits per heavy atom. The molecule has 8 nitrogen and oxygen atoms in total. The molecular weight excluding hydrogens is 370 g/mol. The molecule has 1 heterocycles. The zero-order chi connectivity index (χ0) is 20.4. The number of amides is 2. The third-order valence-electron chi connectivity index (χ3n) is 3.42. The molecule has 0 unspecified atom stereocenters. The van der Waals surface area contributed by atoms with E-state index in [-0.39, 0.29) is 17.5 Å². The van der Waals surface area contributed by atoms with E-state index in [2.05, 4.69) is 15.7 Å². The van der Waals surface area contributed by atoms with Gasteiger partial charge in [0, 0.05) is 24.8 Å². The number of carbonyl (C=O) groups is 2. The molecule has 0 fully saturated rings. The minimum Gasteiger partial charge on any atom is -0.443 e. The molecule has 0 radical (unpaired) electrons. The summed E-state index contributed by atoms with van der Waals surface area (Å²) in [7, 11) is 3.27. The summed E-state index contributed by atoms with van der Waals surface area (Å²) in [6.45, 7) is 6.98. The van der Waals surface area contributed by atoms with Crippen molar-refractivity contribution < 1.29 is 14.3 Å². The zero-order valence-electron chi connectivity index (χ0n) is 16.3. The number of benzene rings is 1. The van der Waals surface area contributed by atoms with E-state index in [0.717, 1.165) is 0 Å². The van der Waals surface area contributed by atoms with E-state index in [1.165, 1.54) is 9.58 Å². The number of halogens is 1. The molecule has 0 atom stereocenters. The molecule has 0 spiro atoms. The van der Waals surface area contributed by atoms with Gasteiger partial charge in [-0.05, 0) is 52.0 Å². The van der Waals surface area contributed by atoms with E-state index >= 15 is 0 Å². The average molecular weight is 394 g/mol. The summed E-state index contributed by atoms with van der Waals surface area (Å²) in [5, 5.41) is 3.67. The number of nitrogens with one attached hydrogen (secondary N) is 2. The maximum Gasteiger partial charge on any atom is 0.427 e. The van der Waals surface area contributed by atoms with Gasteiger partial charge in [0.1, 0.15) is 5.60 Å². The summed E-state index contributed by atoms with van der Waals surface area (Å²) < 4.78 is 6.68. The van der Waals surface area contributed by atoms with Crippen molar-refractivity contribution in [1.82, 2.24) is 14.6 Å². The topological polar surface area (TPSA) is 88.5 Å². The number of rotatable bonds is 4. The fourth-order valence-electron chi connectivity index (χ4n) is 2.19. The number of anilines is 2. The smallest absolute Gasteiger partial charge is 0.427 e. The molecule has 146 valence electrons. The van der Waals surface area contributed by atoms with Gasteiger partial charge in [0.2, 0.25) is 5.95 Å². The van der Waals surface area contributed by atoms with Crippen molar-refractivity contribution in [2.75, 3.05) is 24.8 Å². The number of imidazole rings is 1. The predicted octanol–water partition coefficient (Wildman–Crippen LogP) is 3.77. The van der Waals surface area contributed by atoms with Crippen LogP contribution in [0.3, 0.4) is 0 Å². The molecule has 2 N–H and O–H groups in total. The van der Waals surface area contributed by atoms with Gasteiger partial charge >= 0.3 is 6.09 Å². The molecule has 2 rings (SSSR count). The average Bonchev–Trinajstić information content (AvgIpc) is 2.83. The molecule has 2 amide bonds. The maximum absolute atomic E-state index is 12.4. The van der Waals surface area contributed by atoms with Crippen LogP contribution in [0.1, 0.15) is 37.0 Å². The van der Waals surface area contributed by atoms with Gasteiger partial charge in [0.15, 0.2) is 5.69 Å². The standard InChI is InChI=1S/C18H24ClN5O3/c1-11-14(15(25)23(5)6)21-16(20-13-9-7-12(19)8-10-13)24(11)22-17(26)27-18(2,3)4/h7-10H,1-6H3,(H,20,21)(H,22,26). The molecule has 0 aliphatic rings. The van der Waals surface area contributed by atoms with E-state index < -0.39 is 11.7 Å². The Hall–Kier alpha value is -2.74. The van der Waals surface area contributed by atoms with Gasteiger partial charge in [-0.25, -0.2) is 19.9 Å². The quantitative estimate of drug-likeness (QED) is 0.825. The fourth-order valence-corrected chi connectivity index (χ4v) is 2.32. The summed E-state index contributed by atoms with van der Waals surface area (Å²) in [6, 6.07) is 6.96. The normalized spacial score (nSPS) is 11.1. The first-order chi connectivity index (χ1) is 12.5. The van der Waals surface area contributed by atoms with Crippen LogP contribution < -0.4 is 10.7 Å². The van der Waals surface area contributed by atoms with Crippen LogP contribution >= 0.6 is 11.6 Å². The first kappa shape index (κ1) is 20.6. The molecular formula is C18H24ClN5O3. The van der Waals surface area contributed by atoms with Gasteiger partial charge in [-0.1, -0.05) is 11.6 Å². The molecule has 0 saturated heterocycles. The van der Waals surface area contributed by atoms with Gasteiger partial charge in [0.05, 0.1) is 5.69 Å². The van der Waals surface area contributed by atoms with Crippen LogP contribution in [0.4, 0.5) is 16.4 Å². The van der Waals surface area contributed by atoms with E-state index in [1.54, 1.807) is 66.1 Å². The highest BCUT2D eigenvalue weighted by Gasteiger charge is 2.24. The Bertz CT molecular complexity index is 838.